The Kier molecular flexibility index (Phi) is 32.7. The van der Waals surface area contributed by atoms with Crippen molar-refractivity contribution >= 4 is 23.5 Å². The van der Waals surface area contributed by atoms with Gasteiger partial charge in [0, 0.05) is 0 Å². The summed E-state index contributed by atoms with van der Waals surface area (Å²) in [4.78, 5) is 76.9. The molecule has 138 valence electrons. The molecule has 0 aromatic heterocycles. The van der Waals surface area contributed by atoms with E-state index < -0.39 is 23.5 Å². The molecule has 2 N–H and O–H groups in total. The number of rotatable bonds is 1. The molecule has 21 heavy (non-hydrogen) atoms. The Balaban J connectivity index is -0.0000000347. The van der Waals surface area contributed by atoms with E-state index in [1.54, 1.807) is 0 Å². The van der Waals surface area contributed by atoms with Gasteiger partial charge in [-0.25, -0.2) is 0 Å². The smallest absolute Gasteiger partial charge is 0.0564 e. The second-order valence-corrected chi connectivity index (χ2v) is 5.02. The molecular weight excluding hydrogens is 361 g/mol. The van der Waals surface area contributed by atoms with Crippen LogP contribution >= 0.6 is 23.5 Å². The lowest BCUT2D eigenvalue weighted by Crippen LogP contribution is -2.24. The number of phosphoric acid groups is 3. The van der Waals surface area contributed by atoms with E-state index in [0.29, 0.717) is 0 Å². The second-order valence-electron chi connectivity index (χ2n) is 2.34. The van der Waals surface area contributed by atoms with Crippen molar-refractivity contribution < 1.29 is 63.2 Å². The van der Waals surface area contributed by atoms with E-state index in [4.69, 9.17) is 57.7 Å². The van der Waals surface area contributed by atoms with E-state index in [1.807, 2.05) is 0 Å². The second kappa shape index (κ2) is 18.3. The highest BCUT2D eigenvalue weighted by molar-refractivity contribution is 7.40. The highest BCUT2D eigenvalue weighted by Gasteiger charge is 1.56. The Morgan fingerprint density at radius 1 is 0.571 bits per heavy atom. The molecule has 0 heterocycles. The highest BCUT2D eigenvalue weighted by Crippen LogP contribution is 2.04. The molecule has 0 bridgehead atoms. The highest BCUT2D eigenvalue weighted by atomic mass is 31.2. The summed E-state index contributed by atoms with van der Waals surface area (Å²) in [6, 6.07) is 0. The van der Waals surface area contributed by atoms with Gasteiger partial charge in [0.15, 0.2) is 0 Å². The third kappa shape index (κ3) is 4080. The fourth-order valence-electron chi connectivity index (χ4n) is 0. The van der Waals surface area contributed by atoms with Crippen molar-refractivity contribution in [3.63, 3.8) is 0 Å². The summed E-state index contributed by atoms with van der Waals surface area (Å²) >= 11 is 0. The van der Waals surface area contributed by atoms with Crippen LogP contribution in [0.15, 0.2) is 0 Å². The minimum atomic E-state index is -5.39. The molecule has 0 fully saturated rings. The van der Waals surface area contributed by atoms with E-state index in [1.165, 1.54) is 12.8 Å². The number of unbranched alkanes of at least 4 members (excludes halogenated alkanes) is 1. The van der Waals surface area contributed by atoms with Gasteiger partial charge in [0.2, 0.25) is 0 Å². The van der Waals surface area contributed by atoms with E-state index in [2.05, 4.69) is 13.8 Å². The van der Waals surface area contributed by atoms with Crippen LogP contribution < -0.4 is 44.0 Å². The molecule has 13 nitrogen and oxygen atoms in total. The zero-order chi connectivity index (χ0) is 16.9. The Morgan fingerprint density at radius 2 is 0.619 bits per heavy atom. The summed E-state index contributed by atoms with van der Waals surface area (Å²) in [5, 5.41) is 0. The first-order valence-corrected chi connectivity index (χ1v) is 8.49. The lowest BCUT2D eigenvalue weighted by molar-refractivity contribution is -0.434. The Hall–Kier alpha value is 0.290. The maximum absolute atomic E-state index is 8.55. The molecule has 0 saturated heterocycles. The molecule has 0 amide bonds. The van der Waals surface area contributed by atoms with E-state index in [0.717, 1.165) is 0 Å². The van der Waals surface area contributed by atoms with Crippen molar-refractivity contribution in [1.29, 1.82) is 0 Å². The summed E-state index contributed by atoms with van der Waals surface area (Å²) < 4.78 is 25.6. The zero-order valence-corrected chi connectivity index (χ0v) is 12.8. The monoisotopic (exact) mass is 377 g/mol. The first-order valence-electron chi connectivity index (χ1n) is 4.11. The van der Waals surface area contributed by atoms with Gasteiger partial charge in [-0.1, -0.05) is 34.1 Å². The van der Waals surface area contributed by atoms with Gasteiger partial charge in [0.25, 0.3) is 0 Å². The Bertz CT molecular complexity index is 237. The van der Waals surface area contributed by atoms with Gasteiger partial charge >= 0.3 is 0 Å². The Labute approximate surface area is 122 Å². The fraction of sp³-hybridized carbons (Fsp3) is 1.00. The molecule has 0 rings (SSSR count). The molecule has 0 aliphatic carbocycles. The van der Waals surface area contributed by atoms with E-state index in [9.17, 15) is 0 Å². The van der Waals surface area contributed by atoms with Gasteiger partial charge in [-0.3, -0.25) is 0 Å². The molecule has 0 unspecified atom stereocenters. The summed E-state index contributed by atoms with van der Waals surface area (Å²) in [5.41, 5.74) is 0. The molecule has 0 aliphatic heterocycles. The minimum absolute atomic E-state index is 0. The van der Waals surface area contributed by atoms with Crippen LogP contribution in [0.3, 0.4) is 0 Å². The predicted octanol–water partition coefficient (Wildman–Crippen LogP) is -6.86. The number of hydrogen-bond acceptors (Lipinski definition) is 12. The standard InChI is InChI=1S/C4H10.CH4.3H3O4P.H2O/c1-3-4-2;;3*1-5(2,3)4;/h3-4H2,1-2H3;1H4;3*(H3,1,2,3,4);1H2/p-9. The first-order chi connectivity index (χ1) is 7.91. The van der Waals surface area contributed by atoms with Crippen molar-refractivity contribution in [2.75, 3.05) is 0 Å². The Morgan fingerprint density at radius 3 is 0.619 bits per heavy atom. The van der Waals surface area contributed by atoms with Crippen molar-refractivity contribution in [2.24, 2.45) is 0 Å². The fourth-order valence-corrected chi connectivity index (χ4v) is 0. The maximum atomic E-state index is 8.55. The molecule has 0 aromatic rings. The van der Waals surface area contributed by atoms with Gasteiger partial charge < -0.3 is 63.2 Å². The van der Waals surface area contributed by atoms with E-state index in [-0.39, 0.29) is 12.9 Å². The molecule has 0 aromatic carbocycles. The summed E-state index contributed by atoms with van der Waals surface area (Å²) in [7, 11) is -16.2. The normalized spacial score (nSPS) is 9.86. The molecule has 0 radical (unpaired) electrons. The van der Waals surface area contributed by atoms with Crippen LogP contribution in [-0.4, -0.2) is 5.48 Å². The summed E-state index contributed by atoms with van der Waals surface area (Å²) in [6.45, 7) is 4.36. The SMILES string of the molecule is C.CCCC.O.O=P([O-])([O-])[O-].O=P([O-])([O-])[O-].O=P([O-])([O-])[O-]. The van der Waals surface area contributed by atoms with Gasteiger partial charge in [0.1, 0.15) is 0 Å². The van der Waals surface area contributed by atoms with Crippen molar-refractivity contribution in [2.45, 2.75) is 34.1 Å². The van der Waals surface area contributed by atoms with Crippen LogP contribution in [0, 0.1) is 0 Å². The maximum Gasteiger partial charge on any atom is -0.0564 e. The summed E-state index contributed by atoms with van der Waals surface area (Å²) in [5.74, 6) is 0. The molecule has 0 atom stereocenters. The van der Waals surface area contributed by atoms with Crippen molar-refractivity contribution in [3.05, 3.63) is 0 Å². The molecule has 0 aliphatic rings. The zero-order valence-electron chi connectivity index (χ0n) is 10.2. The van der Waals surface area contributed by atoms with Crippen molar-refractivity contribution in [1.82, 2.24) is 0 Å². The van der Waals surface area contributed by atoms with Gasteiger partial charge in [-0.05, 0) is 0 Å². The third-order valence-electron chi connectivity index (χ3n) is 0.500. The summed E-state index contributed by atoms with van der Waals surface area (Å²) in [6.07, 6.45) is 2.64. The van der Waals surface area contributed by atoms with Gasteiger partial charge in [0.05, 0.1) is 0 Å². The number of hydrogen-bond donors (Lipinski definition) is 0. The van der Waals surface area contributed by atoms with Crippen LogP contribution in [0.2, 0.25) is 0 Å². The third-order valence-corrected chi connectivity index (χ3v) is 0.500. The van der Waals surface area contributed by atoms with Gasteiger partial charge in [-0.15, -0.1) is 0 Å². The molecule has 0 saturated carbocycles. The first kappa shape index (κ1) is 37.5. The average molecular weight is 377 g/mol. The van der Waals surface area contributed by atoms with Crippen LogP contribution in [-0.2, 0) is 13.7 Å². The minimum Gasteiger partial charge on any atom is -0.822 e. The topological polar surface area (TPSA) is 290 Å². The van der Waals surface area contributed by atoms with Crippen LogP contribution in [0.5, 0.6) is 0 Å². The lowest BCUT2D eigenvalue weighted by Gasteiger charge is -2.36. The van der Waals surface area contributed by atoms with Crippen molar-refractivity contribution in [3.8, 4) is 0 Å². The molecule has 0 spiro atoms. The predicted molar refractivity (Wildman–Crippen MR) is 53.7 cm³/mol. The van der Waals surface area contributed by atoms with E-state index >= 15 is 0 Å². The molecular formula is C5H16O13P3-9. The quantitative estimate of drug-likeness (QED) is 0.385. The largest absolute Gasteiger partial charge is 0.822 e. The lowest BCUT2D eigenvalue weighted by atomic mass is 10.4. The molecule has 16 heteroatoms. The van der Waals surface area contributed by atoms with Crippen LogP contribution in [0.1, 0.15) is 34.1 Å². The van der Waals surface area contributed by atoms with Crippen LogP contribution in [0.25, 0.3) is 0 Å². The average Bonchev–Trinajstić information content (AvgIpc) is 1.93. The van der Waals surface area contributed by atoms with Crippen LogP contribution in [0.4, 0.5) is 0 Å². The van der Waals surface area contributed by atoms with Gasteiger partial charge in [-0.2, -0.15) is 23.5 Å².